The molecule has 0 unspecified atom stereocenters. The first-order valence-corrected chi connectivity index (χ1v) is 22.3. The second-order valence-electron chi connectivity index (χ2n) is 16.1. The van der Waals surface area contributed by atoms with Crippen LogP contribution in [0.15, 0.2) is 246 Å². The fourth-order valence-electron chi connectivity index (χ4n) is 9.44. The van der Waals surface area contributed by atoms with Crippen molar-refractivity contribution < 1.29 is 0 Å². The molecule has 0 spiro atoms. The predicted molar refractivity (Wildman–Crippen MR) is 268 cm³/mol. The minimum Gasteiger partial charge on any atom is -0.310 e. The number of hydrogen-bond donors (Lipinski definition) is 0. The van der Waals surface area contributed by atoms with Crippen molar-refractivity contribution in [2.75, 3.05) is 4.90 Å². The van der Waals surface area contributed by atoms with Gasteiger partial charge in [0.2, 0.25) is 0 Å². The molecule has 10 aromatic carbocycles. The number of aromatic nitrogens is 1. The number of benzene rings is 10. The summed E-state index contributed by atoms with van der Waals surface area (Å²) in [6.45, 7) is 0. The monoisotopic (exact) mass is 820 g/mol. The highest BCUT2D eigenvalue weighted by atomic mass is 32.2. The number of para-hydroxylation sites is 1. The Labute approximate surface area is 371 Å². The predicted octanol–water partition coefficient (Wildman–Crippen LogP) is 16.8. The summed E-state index contributed by atoms with van der Waals surface area (Å²) >= 11 is 1.87. The van der Waals surface area contributed by atoms with Crippen LogP contribution in [-0.2, 0) is 0 Å². The zero-order valence-corrected chi connectivity index (χ0v) is 35.2. The molecule has 2 heterocycles. The van der Waals surface area contributed by atoms with Crippen molar-refractivity contribution in [2.45, 2.75) is 9.79 Å². The number of fused-ring (bicyclic) bond motifs is 6. The maximum absolute atomic E-state index is 2.46. The Balaban J connectivity index is 1.05. The van der Waals surface area contributed by atoms with Crippen LogP contribution in [0, 0.1) is 0 Å². The smallest absolute Gasteiger partial charge is 0.0614 e. The van der Waals surface area contributed by atoms with Crippen LogP contribution in [0.2, 0.25) is 0 Å². The average molecular weight is 821 g/mol. The summed E-state index contributed by atoms with van der Waals surface area (Å²) in [7, 11) is 0. The van der Waals surface area contributed by atoms with Gasteiger partial charge in [0.05, 0.1) is 11.2 Å². The van der Waals surface area contributed by atoms with E-state index in [9.17, 15) is 0 Å². The number of nitrogens with zero attached hydrogens (tertiary/aromatic N) is 2. The normalized spacial score (nSPS) is 12.2. The Morgan fingerprint density at radius 3 is 1.51 bits per heavy atom. The van der Waals surface area contributed by atoms with E-state index in [1.807, 2.05) is 11.8 Å². The molecule has 1 aromatic heterocycles. The van der Waals surface area contributed by atoms with Gasteiger partial charge in [-0.15, -0.1) is 0 Å². The number of rotatable bonds is 7. The Hall–Kier alpha value is -7.85. The molecule has 0 bridgehead atoms. The highest BCUT2D eigenvalue weighted by molar-refractivity contribution is 7.99. The summed E-state index contributed by atoms with van der Waals surface area (Å²) in [5.41, 5.74) is 15.2. The largest absolute Gasteiger partial charge is 0.310 e. The summed E-state index contributed by atoms with van der Waals surface area (Å²) in [6, 6.07) is 86.1. The van der Waals surface area contributed by atoms with Gasteiger partial charge in [-0.3, -0.25) is 0 Å². The molecule has 0 N–H and O–H groups in total. The van der Waals surface area contributed by atoms with E-state index < -0.39 is 0 Å². The van der Waals surface area contributed by atoms with E-state index in [4.69, 9.17) is 0 Å². The van der Waals surface area contributed by atoms with Crippen molar-refractivity contribution in [3.05, 3.63) is 253 Å². The third-order valence-electron chi connectivity index (χ3n) is 12.4. The number of anilines is 3. The first-order valence-electron chi connectivity index (χ1n) is 21.5. The van der Waals surface area contributed by atoms with Crippen molar-refractivity contribution in [3.8, 4) is 27.9 Å². The van der Waals surface area contributed by atoms with Gasteiger partial charge in [-0.1, -0.05) is 188 Å². The van der Waals surface area contributed by atoms with E-state index in [0.29, 0.717) is 0 Å². The first kappa shape index (κ1) is 37.0. The Bertz CT molecular complexity index is 3380. The molecule has 1 aliphatic rings. The molecular weight excluding hydrogens is 781 g/mol. The molecule has 12 rings (SSSR count). The molecule has 3 heteroatoms. The topological polar surface area (TPSA) is 8.17 Å². The minimum absolute atomic E-state index is 1.08. The lowest BCUT2D eigenvalue weighted by atomic mass is 9.97. The molecule has 0 saturated carbocycles. The quantitative estimate of drug-likeness (QED) is 0.158. The third-order valence-corrected chi connectivity index (χ3v) is 13.6. The van der Waals surface area contributed by atoms with Crippen LogP contribution in [-0.4, -0.2) is 4.57 Å². The standard InChI is InChI=1S/C60H40N2S/c1-3-15-43(16-4-1)56-40-58-60(63-59-28-12-11-25-54(56)59)55-38-37-49(39-57(55)62(58)46-21-5-2-6-22-46)61(47-33-29-44(30-34-47)52-26-13-19-41-17-7-9-23-50(41)52)48-35-31-45(32-36-48)53-27-14-20-42-18-8-10-24-51(42)53/h1-40H. The Morgan fingerprint density at radius 1 is 0.365 bits per heavy atom. The van der Waals surface area contributed by atoms with Crippen LogP contribution in [0.3, 0.4) is 0 Å². The summed E-state index contributed by atoms with van der Waals surface area (Å²) in [5.74, 6) is 0. The zero-order chi connectivity index (χ0) is 41.7. The van der Waals surface area contributed by atoms with E-state index in [2.05, 4.69) is 252 Å². The number of hydrogen-bond acceptors (Lipinski definition) is 2. The molecule has 63 heavy (non-hydrogen) atoms. The lowest BCUT2D eigenvalue weighted by Crippen LogP contribution is -2.10. The van der Waals surface area contributed by atoms with E-state index >= 15 is 0 Å². The lowest BCUT2D eigenvalue weighted by molar-refractivity contribution is 1.09. The van der Waals surface area contributed by atoms with Crippen molar-refractivity contribution in [3.63, 3.8) is 0 Å². The maximum atomic E-state index is 2.46. The molecule has 0 radical (unpaired) electrons. The first-order chi connectivity index (χ1) is 31.2. The molecule has 0 fully saturated rings. The molecule has 2 nitrogen and oxygen atoms in total. The van der Waals surface area contributed by atoms with Gasteiger partial charge < -0.3 is 9.47 Å². The van der Waals surface area contributed by atoms with Crippen molar-refractivity contribution in [1.82, 2.24) is 4.57 Å². The van der Waals surface area contributed by atoms with Gasteiger partial charge in [0, 0.05) is 37.9 Å². The van der Waals surface area contributed by atoms with Crippen LogP contribution in [0.1, 0.15) is 16.8 Å². The van der Waals surface area contributed by atoms with Crippen LogP contribution in [0.5, 0.6) is 0 Å². The summed E-state index contributed by atoms with van der Waals surface area (Å²) < 4.78 is 2.46. The van der Waals surface area contributed by atoms with Gasteiger partial charge in [-0.05, 0) is 127 Å². The van der Waals surface area contributed by atoms with Crippen molar-refractivity contribution >= 4 is 72.9 Å². The van der Waals surface area contributed by atoms with Crippen molar-refractivity contribution in [1.29, 1.82) is 0 Å². The highest BCUT2D eigenvalue weighted by Crippen LogP contribution is 2.49. The molecule has 0 aliphatic carbocycles. The lowest BCUT2D eigenvalue weighted by Gasteiger charge is -2.26. The van der Waals surface area contributed by atoms with E-state index in [1.54, 1.807) is 0 Å². The van der Waals surface area contributed by atoms with Crippen LogP contribution >= 0.6 is 11.8 Å². The molecule has 0 saturated heterocycles. The molecule has 0 atom stereocenters. The second kappa shape index (κ2) is 15.6. The summed E-state index contributed by atoms with van der Waals surface area (Å²) in [5, 5.41) is 6.22. The van der Waals surface area contributed by atoms with E-state index in [-0.39, 0.29) is 0 Å². The molecule has 296 valence electrons. The summed E-state index contributed by atoms with van der Waals surface area (Å²) in [6.07, 6.45) is 2.41. The molecule has 1 aliphatic heterocycles. The van der Waals surface area contributed by atoms with Gasteiger partial charge in [0.1, 0.15) is 0 Å². The van der Waals surface area contributed by atoms with E-state index in [0.717, 1.165) is 28.3 Å². The van der Waals surface area contributed by atoms with Gasteiger partial charge in [0.25, 0.3) is 0 Å². The molecular formula is C60H40N2S. The SMILES string of the molecule is C1=C(c2ccccc2)c2ccccc2Sc2c1n(-c1ccccc1)c1cc(N(c3ccc(-c4cccc5ccccc45)cc3)c3ccc(-c4cccc5ccccc45)cc3)ccc21. The van der Waals surface area contributed by atoms with Gasteiger partial charge in [-0.2, -0.15) is 0 Å². The Morgan fingerprint density at radius 2 is 0.873 bits per heavy atom. The van der Waals surface area contributed by atoms with Crippen LogP contribution in [0.25, 0.3) is 72.0 Å². The zero-order valence-electron chi connectivity index (χ0n) is 34.4. The van der Waals surface area contributed by atoms with Crippen molar-refractivity contribution in [2.24, 2.45) is 0 Å². The van der Waals surface area contributed by atoms with Gasteiger partial charge >= 0.3 is 0 Å². The maximum Gasteiger partial charge on any atom is 0.0614 e. The highest BCUT2D eigenvalue weighted by Gasteiger charge is 2.26. The fourth-order valence-corrected chi connectivity index (χ4v) is 10.6. The minimum atomic E-state index is 1.08. The molecule has 0 amide bonds. The molecule has 11 aromatic rings. The van der Waals surface area contributed by atoms with E-state index in [1.165, 1.54) is 81.4 Å². The van der Waals surface area contributed by atoms with Crippen LogP contribution in [0.4, 0.5) is 17.1 Å². The average Bonchev–Trinajstić information content (AvgIpc) is 3.54. The van der Waals surface area contributed by atoms with Gasteiger partial charge in [-0.25, -0.2) is 0 Å². The summed E-state index contributed by atoms with van der Waals surface area (Å²) in [4.78, 5) is 4.91. The second-order valence-corrected chi connectivity index (χ2v) is 17.1. The van der Waals surface area contributed by atoms with Crippen LogP contribution < -0.4 is 4.90 Å². The Kier molecular flexibility index (Phi) is 9.13. The third kappa shape index (κ3) is 6.53. The van der Waals surface area contributed by atoms with Gasteiger partial charge in [0.15, 0.2) is 0 Å². The fraction of sp³-hybridized carbons (Fsp3) is 0.